The van der Waals surface area contributed by atoms with Crippen LogP contribution >= 0.6 is 0 Å². The standard InChI is InChI=1S/C9H15N5O/c1-14-6-11-13-8(14)5-10-4-7-2-3-9(15)12-7/h6-7,10H,2-5H2,1H3,(H,12,15). The van der Waals surface area contributed by atoms with E-state index in [0.717, 1.165) is 18.8 Å². The molecule has 15 heavy (non-hydrogen) atoms. The zero-order valence-electron chi connectivity index (χ0n) is 8.73. The summed E-state index contributed by atoms with van der Waals surface area (Å²) in [5.74, 6) is 1.06. The van der Waals surface area contributed by atoms with Crippen molar-refractivity contribution in [3.63, 3.8) is 0 Å². The first kappa shape index (κ1) is 10.1. The van der Waals surface area contributed by atoms with E-state index in [0.29, 0.717) is 13.0 Å². The maximum absolute atomic E-state index is 10.9. The van der Waals surface area contributed by atoms with Crippen molar-refractivity contribution in [2.45, 2.75) is 25.4 Å². The number of carbonyl (C=O) groups is 1. The molecule has 6 heteroatoms. The molecule has 2 heterocycles. The number of amides is 1. The molecule has 1 fully saturated rings. The summed E-state index contributed by atoms with van der Waals surface area (Å²) >= 11 is 0. The molecule has 0 spiro atoms. The van der Waals surface area contributed by atoms with Crippen LogP contribution in [0.2, 0.25) is 0 Å². The van der Waals surface area contributed by atoms with Gasteiger partial charge in [-0.1, -0.05) is 0 Å². The van der Waals surface area contributed by atoms with E-state index in [-0.39, 0.29) is 11.9 Å². The van der Waals surface area contributed by atoms with E-state index < -0.39 is 0 Å². The fraction of sp³-hybridized carbons (Fsp3) is 0.667. The number of aryl methyl sites for hydroxylation is 1. The van der Waals surface area contributed by atoms with Crippen molar-refractivity contribution in [3.05, 3.63) is 12.2 Å². The van der Waals surface area contributed by atoms with Crippen molar-refractivity contribution in [2.24, 2.45) is 7.05 Å². The molecule has 1 saturated heterocycles. The molecular formula is C9H15N5O. The second kappa shape index (κ2) is 4.39. The topological polar surface area (TPSA) is 71.8 Å². The van der Waals surface area contributed by atoms with Crippen molar-refractivity contribution >= 4 is 5.91 Å². The second-order valence-electron chi connectivity index (χ2n) is 3.79. The van der Waals surface area contributed by atoms with Gasteiger partial charge in [-0.05, 0) is 6.42 Å². The van der Waals surface area contributed by atoms with Crippen LogP contribution in [0.5, 0.6) is 0 Å². The molecule has 1 aromatic rings. The van der Waals surface area contributed by atoms with Crippen LogP contribution in [-0.2, 0) is 18.4 Å². The molecule has 0 aliphatic carbocycles. The first-order valence-electron chi connectivity index (χ1n) is 5.08. The van der Waals surface area contributed by atoms with E-state index in [2.05, 4.69) is 20.8 Å². The Labute approximate surface area is 88.1 Å². The Balaban J connectivity index is 1.71. The Morgan fingerprint density at radius 3 is 3.20 bits per heavy atom. The molecule has 2 rings (SSSR count). The first-order valence-corrected chi connectivity index (χ1v) is 5.08. The lowest BCUT2D eigenvalue weighted by molar-refractivity contribution is -0.119. The van der Waals surface area contributed by atoms with Gasteiger partial charge >= 0.3 is 0 Å². The highest BCUT2D eigenvalue weighted by atomic mass is 16.1. The minimum Gasteiger partial charge on any atom is -0.352 e. The summed E-state index contributed by atoms with van der Waals surface area (Å²) in [6.45, 7) is 1.47. The predicted molar refractivity (Wildman–Crippen MR) is 53.9 cm³/mol. The van der Waals surface area contributed by atoms with Crippen LogP contribution < -0.4 is 10.6 Å². The summed E-state index contributed by atoms with van der Waals surface area (Å²) in [5, 5.41) is 13.9. The maximum Gasteiger partial charge on any atom is 0.220 e. The summed E-state index contributed by atoms with van der Waals surface area (Å²) in [4.78, 5) is 10.9. The van der Waals surface area contributed by atoms with Gasteiger partial charge in [0, 0.05) is 26.1 Å². The minimum absolute atomic E-state index is 0.153. The largest absolute Gasteiger partial charge is 0.352 e. The molecular weight excluding hydrogens is 194 g/mol. The fourth-order valence-electron chi connectivity index (χ4n) is 1.66. The zero-order valence-corrected chi connectivity index (χ0v) is 8.73. The molecule has 1 aromatic heterocycles. The summed E-state index contributed by atoms with van der Waals surface area (Å²) in [5.41, 5.74) is 0. The SMILES string of the molecule is Cn1cnnc1CNCC1CCC(=O)N1. The van der Waals surface area contributed by atoms with Crippen molar-refractivity contribution < 1.29 is 4.79 Å². The summed E-state index contributed by atoms with van der Waals surface area (Å²) in [7, 11) is 1.91. The molecule has 1 aliphatic heterocycles. The summed E-state index contributed by atoms with van der Waals surface area (Å²) < 4.78 is 1.88. The Hall–Kier alpha value is -1.43. The molecule has 0 aromatic carbocycles. The van der Waals surface area contributed by atoms with Gasteiger partial charge in [0.1, 0.15) is 12.2 Å². The number of rotatable bonds is 4. The first-order chi connectivity index (χ1) is 7.25. The minimum atomic E-state index is 0.153. The number of carbonyl (C=O) groups excluding carboxylic acids is 1. The average molecular weight is 209 g/mol. The normalized spacial score (nSPS) is 20.6. The summed E-state index contributed by atoms with van der Waals surface area (Å²) in [6, 6.07) is 0.269. The van der Waals surface area contributed by atoms with E-state index in [1.165, 1.54) is 0 Å². The van der Waals surface area contributed by atoms with Crippen LogP contribution in [0.3, 0.4) is 0 Å². The van der Waals surface area contributed by atoms with Crippen LogP contribution in [0.15, 0.2) is 6.33 Å². The molecule has 1 unspecified atom stereocenters. The van der Waals surface area contributed by atoms with Gasteiger partial charge in [-0.15, -0.1) is 10.2 Å². The zero-order chi connectivity index (χ0) is 10.7. The van der Waals surface area contributed by atoms with E-state index in [9.17, 15) is 4.79 Å². The Morgan fingerprint density at radius 1 is 1.73 bits per heavy atom. The molecule has 82 valence electrons. The van der Waals surface area contributed by atoms with Gasteiger partial charge < -0.3 is 15.2 Å². The number of nitrogens with zero attached hydrogens (tertiary/aromatic N) is 3. The van der Waals surface area contributed by atoms with Crippen molar-refractivity contribution in [3.8, 4) is 0 Å². The number of hydrogen-bond donors (Lipinski definition) is 2. The van der Waals surface area contributed by atoms with Gasteiger partial charge in [0.2, 0.25) is 5.91 Å². The van der Waals surface area contributed by atoms with Gasteiger partial charge in [-0.2, -0.15) is 0 Å². The molecule has 0 saturated carbocycles. The summed E-state index contributed by atoms with van der Waals surface area (Å²) in [6.07, 6.45) is 3.25. The number of hydrogen-bond acceptors (Lipinski definition) is 4. The third-order valence-corrected chi connectivity index (χ3v) is 2.56. The second-order valence-corrected chi connectivity index (χ2v) is 3.79. The van der Waals surface area contributed by atoms with Gasteiger partial charge in [-0.3, -0.25) is 4.79 Å². The highest BCUT2D eigenvalue weighted by molar-refractivity contribution is 5.78. The predicted octanol–water partition coefficient (Wildman–Crippen LogP) is -0.817. The molecule has 0 bridgehead atoms. The van der Waals surface area contributed by atoms with E-state index in [1.54, 1.807) is 6.33 Å². The highest BCUT2D eigenvalue weighted by Crippen LogP contribution is 2.05. The maximum atomic E-state index is 10.9. The molecule has 0 radical (unpaired) electrons. The number of nitrogens with one attached hydrogen (secondary N) is 2. The van der Waals surface area contributed by atoms with E-state index in [1.807, 2.05) is 11.6 Å². The molecule has 6 nitrogen and oxygen atoms in total. The highest BCUT2D eigenvalue weighted by Gasteiger charge is 2.19. The Kier molecular flexibility index (Phi) is 2.96. The lowest BCUT2D eigenvalue weighted by atomic mass is 10.2. The van der Waals surface area contributed by atoms with Crippen molar-refractivity contribution in [1.82, 2.24) is 25.4 Å². The van der Waals surface area contributed by atoms with Crippen LogP contribution in [0.25, 0.3) is 0 Å². The Morgan fingerprint density at radius 2 is 2.60 bits per heavy atom. The Bertz CT molecular complexity index is 348. The monoisotopic (exact) mass is 209 g/mol. The quantitative estimate of drug-likeness (QED) is 0.680. The smallest absolute Gasteiger partial charge is 0.220 e. The van der Waals surface area contributed by atoms with Crippen LogP contribution in [0.1, 0.15) is 18.7 Å². The van der Waals surface area contributed by atoms with Gasteiger partial charge in [0.25, 0.3) is 0 Å². The average Bonchev–Trinajstić information content (AvgIpc) is 2.77. The molecule has 1 aliphatic rings. The van der Waals surface area contributed by atoms with Crippen LogP contribution in [-0.4, -0.2) is 33.3 Å². The van der Waals surface area contributed by atoms with Crippen molar-refractivity contribution in [2.75, 3.05) is 6.54 Å². The third kappa shape index (κ3) is 2.53. The number of aromatic nitrogens is 3. The lowest BCUT2D eigenvalue weighted by Crippen LogP contribution is -2.35. The van der Waals surface area contributed by atoms with Gasteiger partial charge in [0.15, 0.2) is 0 Å². The van der Waals surface area contributed by atoms with Gasteiger partial charge in [0.05, 0.1) is 6.54 Å². The van der Waals surface area contributed by atoms with Gasteiger partial charge in [-0.25, -0.2) is 0 Å². The lowest BCUT2D eigenvalue weighted by Gasteiger charge is -2.10. The third-order valence-electron chi connectivity index (χ3n) is 2.56. The van der Waals surface area contributed by atoms with Crippen LogP contribution in [0.4, 0.5) is 0 Å². The molecule has 1 atom stereocenters. The fourth-order valence-corrected chi connectivity index (χ4v) is 1.66. The van der Waals surface area contributed by atoms with Crippen LogP contribution in [0, 0.1) is 0 Å². The van der Waals surface area contributed by atoms with Crippen molar-refractivity contribution in [1.29, 1.82) is 0 Å². The molecule has 2 N–H and O–H groups in total. The van der Waals surface area contributed by atoms with E-state index >= 15 is 0 Å². The molecule has 1 amide bonds. The van der Waals surface area contributed by atoms with E-state index in [4.69, 9.17) is 0 Å².